The molecule has 0 spiro atoms. The van der Waals surface area contributed by atoms with E-state index in [1.165, 1.54) is 0 Å². The molecule has 1 amide bonds. The first-order valence-corrected chi connectivity index (χ1v) is 6.72. The number of pyridine rings is 1. The summed E-state index contributed by atoms with van der Waals surface area (Å²) in [5.41, 5.74) is 3.95. The molecule has 4 nitrogen and oxygen atoms in total. The number of carbonyl (C=O) groups is 1. The number of amides is 1. The zero-order valence-electron chi connectivity index (χ0n) is 12.1. The molecular weight excluding hydrogens is 307 g/mol. The number of alkyl halides is 3. The first-order chi connectivity index (χ1) is 9.79. The number of imidazole rings is 1. The van der Waals surface area contributed by atoms with Crippen molar-refractivity contribution in [2.24, 2.45) is 5.73 Å². The van der Waals surface area contributed by atoms with E-state index in [2.05, 4.69) is 4.98 Å². The third kappa shape index (κ3) is 4.63. The van der Waals surface area contributed by atoms with Crippen LogP contribution in [0.25, 0.3) is 5.65 Å². The molecular formula is C13H17ClF3N3O. The summed E-state index contributed by atoms with van der Waals surface area (Å²) >= 11 is 5.65. The van der Waals surface area contributed by atoms with E-state index in [9.17, 15) is 18.0 Å². The molecule has 0 saturated heterocycles. The minimum atomic E-state index is -4.52. The van der Waals surface area contributed by atoms with Gasteiger partial charge in [0.2, 0.25) is 0 Å². The lowest BCUT2D eigenvalue weighted by molar-refractivity contribution is -0.137. The van der Waals surface area contributed by atoms with E-state index in [0.717, 1.165) is 22.9 Å². The predicted molar refractivity (Wildman–Crippen MR) is 76.4 cm³/mol. The lowest BCUT2D eigenvalue weighted by atomic mass is 10.3. The average Bonchev–Trinajstić information content (AvgIpc) is 2.87. The molecule has 0 bridgehead atoms. The van der Waals surface area contributed by atoms with Gasteiger partial charge in [0.1, 0.15) is 5.69 Å². The van der Waals surface area contributed by atoms with Crippen LogP contribution in [-0.2, 0) is 6.18 Å². The monoisotopic (exact) mass is 323 g/mol. The van der Waals surface area contributed by atoms with Gasteiger partial charge in [0.05, 0.1) is 10.6 Å². The van der Waals surface area contributed by atoms with Crippen molar-refractivity contribution < 1.29 is 18.0 Å². The standard InChI is InChI=1S/C9H5ClF3N3O.2C2H6/c10-5-1-4(9(11,12)13)2-16-3-6(7(14)17)15-8(5)16;2*1-2/h1-3H,(H2,14,17);2*1-2H3. The van der Waals surface area contributed by atoms with Crippen molar-refractivity contribution in [2.75, 3.05) is 0 Å². The Balaban J connectivity index is 0.000000921. The lowest BCUT2D eigenvalue weighted by Crippen LogP contribution is -2.10. The number of nitrogens with zero attached hydrogens (tertiary/aromatic N) is 2. The van der Waals surface area contributed by atoms with Gasteiger partial charge in [-0.1, -0.05) is 39.3 Å². The van der Waals surface area contributed by atoms with Gasteiger partial charge in [-0.25, -0.2) is 4.98 Å². The van der Waals surface area contributed by atoms with Gasteiger partial charge in [-0.05, 0) is 6.07 Å². The topological polar surface area (TPSA) is 60.4 Å². The SMILES string of the molecule is CC.CC.NC(=O)c1cn2cc(C(F)(F)F)cc(Cl)c2n1. The Morgan fingerprint density at radius 3 is 2.19 bits per heavy atom. The molecule has 0 aliphatic rings. The van der Waals surface area contributed by atoms with Crippen LogP contribution in [0.5, 0.6) is 0 Å². The van der Waals surface area contributed by atoms with Gasteiger partial charge in [-0.3, -0.25) is 4.79 Å². The van der Waals surface area contributed by atoms with Crippen LogP contribution < -0.4 is 5.73 Å². The Morgan fingerprint density at radius 1 is 1.24 bits per heavy atom. The second kappa shape index (κ2) is 7.87. The molecule has 0 radical (unpaired) electrons. The highest BCUT2D eigenvalue weighted by molar-refractivity contribution is 6.33. The maximum Gasteiger partial charge on any atom is 0.417 e. The number of halogens is 4. The van der Waals surface area contributed by atoms with Crippen molar-refractivity contribution >= 4 is 23.2 Å². The number of rotatable bonds is 1. The van der Waals surface area contributed by atoms with Crippen LogP contribution in [0.2, 0.25) is 5.02 Å². The largest absolute Gasteiger partial charge is 0.417 e. The third-order valence-electron chi connectivity index (χ3n) is 2.09. The Hall–Kier alpha value is -1.76. The lowest BCUT2D eigenvalue weighted by Gasteiger charge is -2.07. The van der Waals surface area contributed by atoms with Crippen LogP contribution in [0, 0.1) is 0 Å². The number of carbonyl (C=O) groups excluding carboxylic acids is 1. The number of nitrogens with two attached hydrogens (primary N) is 1. The fraction of sp³-hybridized carbons (Fsp3) is 0.385. The normalized spacial score (nSPS) is 10.3. The number of aromatic nitrogens is 2. The van der Waals surface area contributed by atoms with E-state index in [0.29, 0.717) is 0 Å². The quantitative estimate of drug-likeness (QED) is 0.856. The molecule has 2 aromatic heterocycles. The summed E-state index contributed by atoms with van der Waals surface area (Å²) in [6.45, 7) is 8.00. The van der Waals surface area contributed by atoms with Crippen molar-refractivity contribution in [3.05, 3.63) is 34.7 Å². The number of fused-ring (bicyclic) bond motifs is 1. The summed E-state index contributed by atoms with van der Waals surface area (Å²) in [5.74, 6) is -0.835. The van der Waals surface area contributed by atoms with Crippen LogP contribution in [0.3, 0.4) is 0 Å². The highest BCUT2D eigenvalue weighted by Crippen LogP contribution is 2.32. The van der Waals surface area contributed by atoms with Gasteiger partial charge >= 0.3 is 6.18 Å². The Morgan fingerprint density at radius 2 is 1.76 bits per heavy atom. The molecule has 0 fully saturated rings. The first-order valence-electron chi connectivity index (χ1n) is 6.34. The number of hydrogen-bond donors (Lipinski definition) is 1. The second-order valence-corrected chi connectivity index (χ2v) is 3.70. The van der Waals surface area contributed by atoms with E-state index in [1.807, 2.05) is 27.7 Å². The predicted octanol–water partition coefficient (Wildman–Crippen LogP) is 4.16. The zero-order valence-corrected chi connectivity index (χ0v) is 12.9. The second-order valence-electron chi connectivity index (χ2n) is 3.30. The van der Waals surface area contributed by atoms with Crippen LogP contribution in [0.15, 0.2) is 18.5 Å². The third-order valence-corrected chi connectivity index (χ3v) is 2.36. The molecule has 2 rings (SSSR count). The Kier molecular flexibility index (Phi) is 7.21. The molecule has 2 heterocycles. The fourth-order valence-electron chi connectivity index (χ4n) is 1.33. The van der Waals surface area contributed by atoms with Gasteiger partial charge in [-0.15, -0.1) is 0 Å². The maximum absolute atomic E-state index is 12.5. The number of primary amides is 1. The van der Waals surface area contributed by atoms with E-state index in [4.69, 9.17) is 17.3 Å². The molecule has 21 heavy (non-hydrogen) atoms. The molecule has 2 aromatic rings. The molecule has 8 heteroatoms. The highest BCUT2D eigenvalue weighted by atomic mass is 35.5. The van der Waals surface area contributed by atoms with Crippen molar-refractivity contribution in [2.45, 2.75) is 33.9 Å². The molecule has 0 aliphatic heterocycles. The summed E-state index contributed by atoms with van der Waals surface area (Å²) in [5, 5.41) is -0.202. The molecule has 0 unspecified atom stereocenters. The van der Waals surface area contributed by atoms with E-state index >= 15 is 0 Å². The Labute approximate surface area is 125 Å². The van der Waals surface area contributed by atoms with Gasteiger partial charge in [0, 0.05) is 12.4 Å². The number of hydrogen-bond acceptors (Lipinski definition) is 2. The Bertz CT molecular complexity index is 608. The molecule has 0 aromatic carbocycles. The van der Waals surface area contributed by atoms with Crippen LogP contribution in [0.4, 0.5) is 13.2 Å². The van der Waals surface area contributed by atoms with Gasteiger partial charge in [-0.2, -0.15) is 13.2 Å². The van der Waals surface area contributed by atoms with Crippen LogP contribution in [0.1, 0.15) is 43.7 Å². The van der Waals surface area contributed by atoms with E-state index < -0.39 is 17.6 Å². The van der Waals surface area contributed by atoms with Crippen LogP contribution in [-0.4, -0.2) is 15.3 Å². The molecule has 2 N–H and O–H groups in total. The van der Waals surface area contributed by atoms with Crippen molar-refractivity contribution in [3.63, 3.8) is 0 Å². The minimum Gasteiger partial charge on any atom is -0.364 e. The summed E-state index contributed by atoms with van der Waals surface area (Å²) in [7, 11) is 0. The minimum absolute atomic E-state index is 0.0495. The highest BCUT2D eigenvalue weighted by Gasteiger charge is 2.32. The van der Waals surface area contributed by atoms with Gasteiger partial charge in [0.25, 0.3) is 5.91 Å². The van der Waals surface area contributed by atoms with Gasteiger partial charge < -0.3 is 10.1 Å². The summed E-state index contributed by atoms with van der Waals surface area (Å²) in [4.78, 5) is 14.6. The summed E-state index contributed by atoms with van der Waals surface area (Å²) < 4.78 is 38.5. The fourth-order valence-corrected chi connectivity index (χ4v) is 1.59. The smallest absolute Gasteiger partial charge is 0.364 e. The van der Waals surface area contributed by atoms with Crippen molar-refractivity contribution in [1.29, 1.82) is 0 Å². The van der Waals surface area contributed by atoms with Crippen molar-refractivity contribution in [3.8, 4) is 0 Å². The first kappa shape index (κ1) is 19.2. The van der Waals surface area contributed by atoms with E-state index in [-0.39, 0.29) is 16.4 Å². The van der Waals surface area contributed by atoms with E-state index in [1.54, 1.807) is 0 Å². The molecule has 0 saturated carbocycles. The maximum atomic E-state index is 12.5. The average molecular weight is 324 g/mol. The van der Waals surface area contributed by atoms with Crippen molar-refractivity contribution in [1.82, 2.24) is 9.38 Å². The molecule has 118 valence electrons. The van der Waals surface area contributed by atoms with Gasteiger partial charge in [0.15, 0.2) is 5.65 Å². The molecule has 0 aliphatic carbocycles. The zero-order chi connectivity index (χ0) is 16.8. The van der Waals surface area contributed by atoms with Crippen LogP contribution >= 0.6 is 11.6 Å². The summed E-state index contributed by atoms with van der Waals surface area (Å²) in [6.07, 6.45) is -2.63. The summed E-state index contributed by atoms with van der Waals surface area (Å²) in [6, 6.07) is 0.745. The molecule has 0 atom stereocenters.